The van der Waals surface area contributed by atoms with Crippen molar-refractivity contribution in [3.8, 4) is 0 Å². The first kappa shape index (κ1) is 12.3. The Kier molecular flexibility index (Phi) is 3.61. The molecule has 6 heteroatoms. The molecule has 0 spiro atoms. The SMILES string of the molecule is COC(=O)C(Nc1nc(C2CC2)ns1)C(C)C. The summed E-state index contributed by atoms with van der Waals surface area (Å²) in [5.41, 5.74) is 0. The van der Waals surface area contributed by atoms with Gasteiger partial charge in [-0.1, -0.05) is 13.8 Å². The summed E-state index contributed by atoms with van der Waals surface area (Å²) >= 11 is 1.31. The minimum atomic E-state index is -0.361. The topological polar surface area (TPSA) is 64.1 Å². The van der Waals surface area contributed by atoms with Crippen molar-refractivity contribution in [3.05, 3.63) is 5.82 Å². The second kappa shape index (κ2) is 5.00. The van der Waals surface area contributed by atoms with Gasteiger partial charge < -0.3 is 10.1 Å². The van der Waals surface area contributed by atoms with Crippen LogP contribution in [0.3, 0.4) is 0 Å². The first-order valence-corrected chi connectivity index (χ1v) is 6.57. The van der Waals surface area contributed by atoms with Gasteiger partial charge >= 0.3 is 5.97 Å². The van der Waals surface area contributed by atoms with Crippen LogP contribution in [-0.2, 0) is 9.53 Å². The van der Waals surface area contributed by atoms with Crippen LogP contribution < -0.4 is 5.32 Å². The van der Waals surface area contributed by atoms with Crippen molar-refractivity contribution in [2.24, 2.45) is 5.92 Å². The van der Waals surface area contributed by atoms with Crippen LogP contribution in [0, 0.1) is 5.92 Å². The average molecular weight is 255 g/mol. The predicted molar refractivity (Wildman–Crippen MR) is 66.1 cm³/mol. The lowest BCUT2D eigenvalue weighted by Gasteiger charge is -2.18. The molecule has 1 saturated carbocycles. The van der Waals surface area contributed by atoms with Crippen molar-refractivity contribution in [1.29, 1.82) is 0 Å². The zero-order valence-corrected chi connectivity index (χ0v) is 11.1. The van der Waals surface area contributed by atoms with Gasteiger partial charge in [-0.25, -0.2) is 9.78 Å². The Morgan fingerprint density at radius 2 is 2.24 bits per heavy atom. The second-order valence-corrected chi connectivity index (χ2v) is 5.37. The second-order valence-electron chi connectivity index (χ2n) is 4.62. The lowest BCUT2D eigenvalue weighted by molar-refractivity contribution is -0.142. The normalized spacial score (nSPS) is 16.9. The van der Waals surface area contributed by atoms with E-state index >= 15 is 0 Å². The number of hydrogen-bond acceptors (Lipinski definition) is 6. The monoisotopic (exact) mass is 255 g/mol. The molecule has 17 heavy (non-hydrogen) atoms. The quantitative estimate of drug-likeness (QED) is 0.815. The Balaban J connectivity index is 2.02. The third kappa shape index (κ3) is 2.94. The lowest BCUT2D eigenvalue weighted by atomic mass is 10.1. The molecule has 5 nitrogen and oxygen atoms in total. The summed E-state index contributed by atoms with van der Waals surface area (Å²) in [5.74, 6) is 1.33. The van der Waals surface area contributed by atoms with Gasteiger partial charge in [0.05, 0.1) is 7.11 Å². The minimum Gasteiger partial charge on any atom is -0.467 e. The highest BCUT2D eigenvalue weighted by Crippen LogP contribution is 2.39. The molecular formula is C11H17N3O2S. The number of nitrogens with one attached hydrogen (secondary N) is 1. The summed E-state index contributed by atoms with van der Waals surface area (Å²) in [6.07, 6.45) is 2.36. The number of ether oxygens (including phenoxy) is 1. The van der Waals surface area contributed by atoms with Gasteiger partial charge in [0.25, 0.3) is 0 Å². The van der Waals surface area contributed by atoms with Crippen LogP contribution >= 0.6 is 11.5 Å². The minimum absolute atomic E-state index is 0.149. The number of esters is 1. The van der Waals surface area contributed by atoms with Crippen molar-refractivity contribution in [2.75, 3.05) is 12.4 Å². The summed E-state index contributed by atoms with van der Waals surface area (Å²) in [6.45, 7) is 3.94. The van der Waals surface area contributed by atoms with E-state index in [1.807, 2.05) is 13.8 Å². The number of anilines is 1. The first-order chi connectivity index (χ1) is 8.11. The van der Waals surface area contributed by atoms with E-state index in [1.54, 1.807) is 0 Å². The highest BCUT2D eigenvalue weighted by Gasteiger charge is 2.29. The maximum Gasteiger partial charge on any atom is 0.328 e. The van der Waals surface area contributed by atoms with E-state index in [4.69, 9.17) is 4.74 Å². The van der Waals surface area contributed by atoms with Crippen molar-refractivity contribution < 1.29 is 9.53 Å². The largest absolute Gasteiger partial charge is 0.467 e. The molecule has 0 radical (unpaired) electrons. The van der Waals surface area contributed by atoms with Gasteiger partial charge in [0.1, 0.15) is 11.9 Å². The van der Waals surface area contributed by atoms with Crippen LogP contribution in [-0.4, -0.2) is 28.5 Å². The van der Waals surface area contributed by atoms with Crippen molar-refractivity contribution in [2.45, 2.75) is 38.6 Å². The van der Waals surface area contributed by atoms with Gasteiger partial charge in [0, 0.05) is 17.5 Å². The fraction of sp³-hybridized carbons (Fsp3) is 0.727. The fourth-order valence-electron chi connectivity index (χ4n) is 1.56. The molecule has 1 aliphatic rings. The van der Waals surface area contributed by atoms with Gasteiger partial charge in [0.2, 0.25) is 5.13 Å². The average Bonchev–Trinajstić information content (AvgIpc) is 3.05. The summed E-state index contributed by atoms with van der Waals surface area (Å²) in [5, 5.41) is 3.81. The van der Waals surface area contributed by atoms with Crippen molar-refractivity contribution in [1.82, 2.24) is 9.36 Å². The van der Waals surface area contributed by atoms with Crippen LogP contribution in [0.5, 0.6) is 0 Å². The van der Waals surface area contributed by atoms with Crippen LogP contribution in [0.4, 0.5) is 5.13 Å². The Bertz CT molecular complexity index is 401. The smallest absolute Gasteiger partial charge is 0.328 e. The molecule has 1 aliphatic carbocycles. The van der Waals surface area contributed by atoms with Gasteiger partial charge in [-0.2, -0.15) is 4.37 Å². The molecule has 1 atom stereocenters. The Morgan fingerprint density at radius 1 is 1.53 bits per heavy atom. The van der Waals surface area contributed by atoms with Crippen molar-refractivity contribution >= 4 is 22.6 Å². The summed E-state index contributed by atoms with van der Waals surface area (Å²) < 4.78 is 9.06. The molecule has 1 aromatic heterocycles. The number of nitrogens with zero attached hydrogens (tertiary/aromatic N) is 2. The molecule has 1 fully saturated rings. The standard InChI is InChI=1S/C11H17N3O2S/c1-6(2)8(10(15)16-3)12-11-13-9(14-17-11)7-4-5-7/h6-8H,4-5H2,1-3H3,(H,12,13,14). The number of carbonyl (C=O) groups is 1. The molecule has 0 aromatic carbocycles. The van der Waals surface area contributed by atoms with Crippen LogP contribution in [0.2, 0.25) is 0 Å². The number of rotatable bonds is 5. The molecule has 1 heterocycles. The van der Waals surface area contributed by atoms with E-state index in [1.165, 1.54) is 31.5 Å². The Hall–Kier alpha value is -1.17. The number of carbonyl (C=O) groups excluding carboxylic acids is 1. The lowest BCUT2D eigenvalue weighted by Crippen LogP contribution is -2.35. The molecule has 1 unspecified atom stereocenters. The molecule has 0 bridgehead atoms. The zero-order chi connectivity index (χ0) is 12.4. The van der Waals surface area contributed by atoms with E-state index in [9.17, 15) is 4.79 Å². The fourth-order valence-corrected chi connectivity index (χ4v) is 2.24. The maximum absolute atomic E-state index is 11.6. The molecule has 2 rings (SSSR count). The van der Waals surface area contributed by atoms with E-state index < -0.39 is 0 Å². The van der Waals surface area contributed by atoms with Gasteiger partial charge in [-0.15, -0.1) is 0 Å². The van der Waals surface area contributed by atoms with Gasteiger partial charge in [-0.05, 0) is 18.8 Å². The van der Waals surface area contributed by atoms with E-state index in [0.29, 0.717) is 11.0 Å². The van der Waals surface area contributed by atoms with Crippen LogP contribution in [0.15, 0.2) is 0 Å². The number of hydrogen-bond donors (Lipinski definition) is 1. The van der Waals surface area contributed by atoms with Crippen LogP contribution in [0.1, 0.15) is 38.4 Å². The molecule has 0 aliphatic heterocycles. The third-order valence-electron chi connectivity index (χ3n) is 2.78. The maximum atomic E-state index is 11.6. The third-order valence-corrected chi connectivity index (χ3v) is 3.45. The van der Waals surface area contributed by atoms with E-state index in [-0.39, 0.29) is 17.9 Å². The van der Waals surface area contributed by atoms with Crippen molar-refractivity contribution in [3.63, 3.8) is 0 Å². The summed E-state index contributed by atoms with van der Waals surface area (Å²) in [6, 6.07) is -0.361. The highest BCUT2D eigenvalue weighted by atomic mass is 32.1. The molecule has 1 aromatic rings. The summed E-state index contributed by atoms with van der Waals surface area (Å²) in [4.78, 5) is 16.0. The first-order valence-electron chi connectivity index (χ1n) is 5.79. The molecule has 1 N–H and O–H groups in total. The number of aromatic nitrogens is 2. The predicted octanol–water partition coefficient (Wildman–Crippen LogP) is 2.02. The molecule has 0 amide bonds. The Labute approximate surface area is 105 Å². The summed E-state index contributed by atoms with van der Waals surface area (Å²) in [7, 11) is 1.40. The number of methoxy groups -OCH3 is 1. The van der Waals surface area contributed by atoms with E-state index in [2.05, 4.69) is 14.7 Å². The van der Waals surface area contributed by atoms with Gasteiger partial charge in [-0.3, -0.25) is 0 Å². The molecule has 94 valence electrons. The van der Waals surface area contributed by atoms with Crippen LogP contribution in [0.25, 0.3) is 0 Å². The molecular weight excluding hydrogens is 238 g/mol. The van der Waals surface area contributed by atoms with E-state index in [0.717, 1.165) is 5.82 Å². The van der Waals surface area contributed by atoms with Gasteiger partial charge in [0.15, 0.2) is 0 Å². The zero-order valence-electron chi connectivity index (χ0n) is 10.3. The molecule has 0 saturated heterocycles. The highest BCUT2D eigenvalue weighted by molar-refractivity contribution is 7.09. The Morgan fingerprint density at radius 3 is 2.76 bits per heavy atom.